The van der Waals surface area contributed by atoms with E-state index in [1.165, 1.54) is 24.1 Å². The van der Waals surface area contributed by atoms with Crippen LogP contribution in [0.5, 0.6) is 0 Å². The number of nitrogens with zero attached hydrogens (tertiary/aromatic N) is 2. The van der Waals surface area contributed by atoms with Crippen LogP contribution in [0.15, 0.2) is 94.3 Å². The predicted molar refractivity (Wildman–Crippen MR) is 136 cm³/mol. The smallest absolute Gasteiger partial charge is 0.264 e. The number of anilines is 1. The summed E-state index contributed by atoms with van der Waals surface area (Å²) in [6.07, 6.45) is 0. The van der Waals surface area contributed by atoms with Crippen LogP contribution >= 0.6 is 15.9 Å². The maximum atomic E-state index is 13.6. The van der Waals surface area contributed by atoms with Gasteiger partial charge in [0.05, 0.1) is 10.6 Å². The molecule has 9 heteroatoms. The van der Waals surface area contributed by atoms with Crippen LogP contribution in [0, 0.1) is 0 Å². The van der Waals surface area contributed by atoms with Crippen molar-refractivity contribution in [2.45, 2.75) is 24.4 Å². The summed E-state index contributed by atoms with van der Waals surface area (Å²) in [4.78, 5) is 27.5. The number of likely N-dealkylation sites (N-methyl/N-ethyl adjacent to an activating group) is 1. The molecule has 0 aliphatic carbocycles. The summed E-state index contributed by atoms with van der Waals surface area (Å²) in [6, 6.07) is 23.0. The molecule has 1 atom stereocenters. The van der Waals surface area contributed by atoms with Crippen LogP contribution in [0.4, 0.5) is 5.69 Å². The second kappa shape index (κ2) is 11.3. The maximum absolute atomic E-state index is 13.6. The number of nitrogens with one attached hydrogen (secondary N) is 1. The largest absolute Gasteiger partial charge is 0.357 e. The average molecular weight is 544 g/mol. The Morgan fingerprint density at radius 3 is 2.03 bits per heavy atom. The molecular weight excluding hydrogens is 518 g/mol. The first-order valence-corrected chi connectivity index (χ1v) is 12.9. The zero-order valence-electron chi connectivity index (χ0n) is 18.9. The van der Waals surface area contributed by atoms with Gasteiger partial charge in [-0.05, 0) is 48.9 Å². The minimum Gasteiger partial charge on any atom is -0.357 e. The van der Waals surface area contributed by atoms with E-state index in [-0.39, 0.29) is 17.3 Å². The van der Waals surface area contributed by atoms with Crippen LogP contribution < -0.4 is 9.62 Å². The Labute approximate surface area is 208 Å². The van der Waals surface area contributed by atoms with E-state index in [1.54, 1.807) is 55.5 Å². The van der Waals surface area contributed by atoms with Gasteiger partial charge in [0.2, 0.25) is 11.8 Å². The molecule has 34 heavy (non-hydrogen) atoms. The highest BCUT2D eigenvalue weighted by molar-refractivity contribution is 9.10. The molecule has 0 fully saturated rings. The predicted octanol–water partition coefficient (Wildman–Crippen LogP) is 3.81. The van der Waals surface area contributed by atoms with E-state index in [9.17, 15) is 18.0 Å². The highest BCUT2D eigenvalue weighted by Gasteiger charge is 2.32. The van der Waals surface area contributed by atoms with Crippen molar-refractivity contribution in [2.75, 3.05) is 17.9 Å². The summed E-state index contributed by atoms with van der Waals surface area (Å²) in [5.74, 6) is -0.843. The zero-order chi connectivity index (χ0) is 24.7. The zero-order valence-corrected chi connectivity index (χ0v) is 21.3. The van der Waals surface area contributed by atoms with Crippen LogP contribution in [0.2, 0.25) is 0 Å². The lowest BCUT2D eigenvalue weighted by Gasteiger charge is -2.31. The lowest BCUT2D eigenvalue weighted by molar-refractivity contribution is -0.139. The number of hydrogen-bond donors (Lipinski definition) is 1. The van der Waals surface area contributed by atoms with Crippen molar-refractivity contribution in [2.24, 2.45) is 0 Å². The van der Waals surface area contributed by atoms with Gasteiger partial charge in [0.1, 0.15) is 12.6 Å². The third-order valence-corrected chi connectivity index (χ3v) is 7.65. The van der Waals surface area contributed by atoms with Gasteiger partial charge in [-0.2, -0.15) is 0 Å². The number of sulfonamides is 1. The number of para-hydroxylation sites is 1. The Kier molecular flexibility index (Phi) is 8.46. The Balaban J connectivity index is 1.98. The Bertz CT molecular complexity index is 1220. The first kappa shape index (κ1) is 25.5. The van der Waals surface area contributed by atoms with Crippen LogP contribution in [0.3, 0.4) is 0 Å². The molecule has 0 aliphatic rings. The Hall–Kier alpha value is -3.17. The Morgan fingerprint density at radius 1 is 0.912 bits per heavy atom. The molecule has 3 aromatic rings. The summed E-state index contributed by atoms with van der Waals surface area (Å²) in [6.45, 7) is 1.31. The summed E-state index contributed by atoms with van der Waals surface area (Å²) in [5, 5.41) is 2.56. The number of halogens is 1. The molecule has 0 spiro atoms. The van der Waals surface area contributed by atoms with Gasteiger partial charge in [0.25, 0.3) is 10.0 Å². The first-order chi connectivity index (χ1) is 16.2. The fourth-order valence-electron chi connectivity index (χ4n) is 3.42. The van der Waals surface area contributed by atoms with Gasteiger partial charge in [-0.15, -0.1) is 0 Å². The van der Waals surface area contributed by atoms with Crippen molar-refractivity contribution < 1.29 is 18.0 Å². The molecule has 0 aliphatic heterocycles. The van der Waals surface area contributed by atoms with Crippen molar-refractivity contribution in [3.8, 4) is 0 Å². The molecule has 0 saturated carbocycles. The number of carbonyl (C=O) groups excluding carboxylic acids is 2. The molecule has 0 aromatic heterocycles. The van der Waals surface area contributed by atoms with Crippen molar-refractivity contribution >= 4 is 43.5 Å². The van der Waals surface area contributed by atoms with Crippen molar-refractivity contribution in [3.63, 3.8) is 0 Å². The third-order valence-electron chi connectivity index (χ3n) is 5.33. The van der Waals surface area contributed by atoms with E-state index in [0.29, 0.717) is 5.69 Å². The normalized spacial score (nSPS) is 12.0. The average Bonchev–Trinajstić information content (AvgIpc) is 2.86. The van der Waals surface area contributed by atoms with Crippen LogP contribution in [-0.2, 0) is 26.2 Å². The number of carbonyl (C=O) groups is 2. The molecule has 7 nitrogen and oxygen atoms in total. The second-order valence-corrected chi connectivity index (χ2v) is 10.4. The van der Waals surface area contributed by atoms with E-state index in [4.69, 9.17) is 0 Å². The summed E-state index contributed by atoms with van der Waals surface area (Å²) < 4.78 is 29.0. The molecule has 3 rings (SSSR count). The van der Waals surface area contributed by atoms with E-state index >= 15 is 0 Å². The highest BCUT2D eigenvalue weighted by atomic mass is 79.9. The van der Waals surface area contributed by atoms with E-state index < -0.39 is 28.5 Å². The fraction of sp³-hybridized carbons (Fsp3) is 0.200. The molecule has 1 unspecified atom stereocenters. The van der Waals surface area contributed by atoms with Crippen LogP contribution in [-0.4, -0.2) is 44.8 Å². The number of rotatable bonds is 9. The molecule has 3 aromatic carbocycles. The van der Waals surface area contributed by atoms with Crippen LogP contribution in [0.1, 0.15) is 12.5 Å². The van der Waals surface area contributed by atoms with E-state index in [0.717, 1.165) is 14.3 Å². The highest BCUT2D eigenvalue weighted by Crippen LogP contribution is 2.24. The quantitative estimate of drug-likeness (QED) is 0.444. The first-order valence-electron chi connectivity index (χ1n) is 10.6. The second-order valence-electron chi connectivity index (χ2n) is 7.60. The van der Waals surface area contributed by atoms with Crippen molar-refractivity contribution in [1.29, 1.82) is 0 Å². The number of amides is 2. The van der Waals surface area contributed by atoms with E-state index in [2.05, 4.69) is 21.2 Å². The Morgan fingerprint density at radius 2 is 1.47 bits per heavy atom. The summed E-state index contributed by atoms with van der Waals surface area (Å²) >= 11 is 3.39. The molecule has 1 N–H and O–H groups in total. The number of benzene rings is 3. The standard InChI is InChI=1S/C25H26BrN3O4S/c1-19(25(31)27-2)28(17-20-13-15-21(26)16-14-20)24(30)18-29(22-9-5-3-6-10-22)34(32,33)23-11-7-4-8-12-23/h3-16,19H,17-18H2,1-2H3,(H,27,31). The van der Waals surface area contributed by atoms with Crippen molar-refractivity contribution in [1.82, 2.24) is 10.2 Å². The molecule has 178 valence electrons. The van der Waals surface area contributed by atoms with Crippen LogP contribution in [0.25, 0.3) is 0 Å². The molecule has 0 heterocycles. The summed E-state index contributed by atoms with van der Waals surface area (Å²) in [5.41, 5.74) is 1.17. The topological polar surface area (TPSA) is 86.8 Å². The molecular formula is C25H26BrN3O4S. The van der Waals surface area contributed by atoms with Crippen molar-refractivity contribution in [3.05, 3.63) is 95.0 Å². The van der Waals surface area contributed by atoms with Gasteiger partial charge in [-0.1, -0.05) is 64.5 Å². The molecule has 2 amide bonds. The minimum absolute atomic E-state index is 0.0745. The lowest BCUT2D eigenvalue weighted by Crippen LogP contribution is -2.50. The molecule has 0 saturated heterocycles. The minimum atomic E-state index is -4.03. The van der Waals surface area contributed by atoms with Gasteiger partial charge in [-0.25, -0.2) is 8.42 Å². The van der Waals surface area contributed by atoms with Gasteiger partial charge < -0.3 is 10.2 Å². The van der Waals surface area contributed by atoms with Gasteiger partial charge in [-0.3, -0.25) is 13.9 Å². The lowest BCUT2D eigenvalue weighted by atomic mass is 10.1. The van der Waals surface area contributed by atoms with Gasteiger partial charge in [0.15, 0.2) is 0 Å². The third kappa shape index (κ3) is 6.03. The van der Waals surface area contributed by atoms with Gasteiger partial charge in [0, 0.05) is 18.1 Å². The fourth-order valence-corrected chi connectivity index (χ4v) is 5.12. The maximum Gasteiger partial charge on any atom is 0.264 e. The number of hydrogen-bond acceptors (Lipinski definition) is 4. The van der Waals surface area contributed by atoms with Gasteiger partial charge >= 0.3 is 0 Å². The monoisotopic (exact) mass is 543 g/mol. The summed E-state index contributed by atoms with van der Waals surface area (Å²) in [7, 11) is -2.54. The van der Waals surface area contributed by atoms with E-state index in [1.807, 2.05) is 24.3 Å². The molecule has 0 bridgehead atoms. The molecule has 0 radical (unpaired) electrons. The SMILES string of the molecule is CNC(=O)C(C)N(Cc1ccc(Br)cc1)C(=O)CN(c1ccccc1)S(=O)(=O)c1ccccc1.